The summed E-state index contributed by atoms with van der Waals surface area (Å²) in [4.78, 5) is 10.1. The maximum absolute atomic E-state index is 6.78. The number of furan rings is 1. The summed E-state index contributed by atoms with van der Waals surface area (Å²) in [6.07, 6.45) is 0. The van der Waals surface area contributed by atoms with Crippen molar-refractivity contribution >= 4 is 32.7 Å². The van der Waals surface area contributed by atoms with Crippen LogP contribution in [0.4, 0.5) is 0 Å². The van der Waals surface area contributed by atoms with Crippen LogP contribution < -0.4 is 0 Å². The van der Waals surface area contributed by atoms with Crippen LogP contribution in [0.3, 0.4) is 0 Å². The molecule has 276 valence electrons. The van der Waals surface area contributed by atoms with Crippen LogP contribution in [0, 0.1) is 0 Å². The molecule has 0 radical (unpaired) electrons. The predicted octanol–water partition coefficient (Wildman–Crippen LogP) is 15.2. The van der Waals surface area contributed by atoms with Gasteiger partial charge in [0.2, 0.25) is 0 Å². The highest BCUT2D eigenvalue weighted by Gasteiger charge is 2.17. The summed E-state index contributed by atoms with van der Waals surface area (Å²) in [5.41, 5.74) is 15.9. The lowest BCUT2D eigenvalue weighted by atomic mass is 9.92. The molecule has 3 heteroatoms. The van der Waals surface area contributed by atoms with Gasteiger partial charge >= 0.3 is 0 Å². The largest absolute Gasteiger partial charge is 0.455 e. The first-order chi connectivity index (χ1) is 29.2. The lowest BCUT2D eigenvalue weighted by Gasteiger charge is -2.12. The molecule has 0 aliphatic carbocycles. The second-order valence-electron chi connectivity index (χ2n) is 14.9. The standard InChI is InChI=1S/C56H36N2O/c1-4-16-37(17-5-1)45-26-10-11-27-46(45)43-30-31-48-51-35-50(47-28-12-13-29-49(47)55(51)59-54(48)34-43)42-24-14-22-40(32-42)41-23-15-25-44(33-41)53-36-52(38-18-6-2-7-19-38)57-56(58-53)39-20-8-3-9-21-39/h1-36H. The topological polar surface area (TPSA) is 38.9 Å². The second kappa shape index (κ2) is 14.6. The van der Waals surface area contributed by atoms with E-state index in [-0.39, 0.29) is 0 Å². The molecule has 0 aliphatic rings. The summed E-state index contributed by atoms with van der Waals surface area (Å²) in [6, 6.07) is 76.9. The van der Waals surface area contributed by atoms with E-state index in [0.717, 1.165) is 83.0 Å². The Hall–Kier alpha value is -7.88. The molecule has 0 amide bonds. The predicted molar refractivity (Wildman–Crippen MR) is 245 cm³/mol. The quantitative estimate of drug-likeness (QED) is 0.163. The third kappa shape index (κ3) is 6.36. The zero-order chi connectivity index (χ0) is 39.1. The first-order valence-electron chi connectivity index (χ1n) is 20.0. The van der Waals surface area contributed by atoms with E-state index >= 15 is 0 Å². The molecular weight excluding hydrogens is 717 g/mol. The number of benzene rings is 9. The molecule has 0 N–H and O–H groups in total. The Morgan fingerprint density at radius 1 is 0.271 bits per heavy atom. The third-order valence-electron chi connectivity index (χ3n) is 11.3. The second-order valence-corrected chi connectivity index (χ2v) is 14.9. The monoisotopic (exact) mass is 752 g/mol. The lowest BCUT2D eigenvalue weighted by molar-refractivity contribution is 0.673. The first kappa shape index (κ1) is 34.4. The van der Waals surface area contributed by atoms with Gasteiger partial charge in [-0.2, -0.15) is 0 Å². The highest BCUT2D eigenvalue weighted by Crippen LogP contribution is 2.42. The van der Waals surface area contributed by atoms with E-state index in [1.807, 2.05) is 36.4 Å². The number of hydrogen-bond acceptors (Lipinski definition) is 3. The highest BCUT2D eigenvalue weighted by atomic mass is 16.3. The van der Waals surface area contributed by atoms with Crippen LogP contribution in [-0.2, 0) is 0 Å². The Balaban J connectivity index is 1.00. The molecule has 0 saturated heterocycles. The number of rotatable bonds is 7. The van der Waals surface area contributed by atoms with Crippen LogP contribution in [0.25, 0.3) is 111 Å². The molecule has 11 rings (SSSR count). The van der Waals surface area contributed by atoms with Crippen molar-refractivity contribution < 1.29 is 4.42 Å². The molecule has 2 heterocycles. The molecule has 0 atom stereocenters. The van der Waals surface area contributed by atoms with Crippen molar-refractivity contribution in [3.63, 3.8) is 0 Å². The Morgan fingerprint density at radius 3 is 1.49 bits per heavy atom. The van der Waals surface area contributed by atoms with Crippen LogP contribution in [0.5, 0.6) is 0 Å². The van der Waals surface area contributed by atoms with Crippen molar-refractivity contribution in [3.8, 4) is 78.4 Å². The van der Waals surface area contributed by atoms with E-state index in [1.54, 1.807) is 0 Å². The zero-order valence-corrected chi connectivity index (χ0v) is 32.1. The minimum Gasteiger partial charge on any atom is -0.455 e. The van der Waals surface area contributed by atoms with Crippen molar-refractivity contribution in [3.05, 3.63) is 218 Å². The molecule has 9 aromatic carbocycles. The zero-order valence-electron chi connectivity index (χ0n) is 32.1. The van der Waals surface area contributed by atoms with Crippen LogP contribution >= 0.6 is 0 Å². The van der Waals surface area contributed by atoms with Crippen LogP contribution in [-0.4, -0.2) is 9.97 Å². The third-order valence-corrected chi connectivity index (χ3v) is 11.3. The van der Waals surface area contributed by atoms with E-state index < -0.39 is 0 Å². The Morgan fingerprint density at radius 2 is 0.780 bits per heavy atom. The summed E-state index contributed by atoms with van der Waals surface area (Å²) in [5, 5.41) is 4.46. The molecule has 59 heavy (non-hydrogen) atoms. The molecule has 11 aromatic rings. The van der Waals surface area contributed by atoms with E-state index in [4.69, 9.17) is 14.4 Å². The van der Waals surface area contributed by atoms with Gasteiger partial charge in [0.15, 0.2) is 5.82 Å². The minimum absolute atomic E-state index is 0.705. The fourth-order valence-corrected chi connectivity index (χ4v) is 8.40. The average molecular weight is 753 g/mol. The van der Waals surface area contributed by atoms with Crippen molar-refractivity contribution in [1.29, 1.82) is 0 Å². The van der Waals surface area contributed by atoms with E-state index in [0.29, 0.717) is 5.82 Å². The van der Waals surface area contributed by atoms with Gasteiger partial charge in [-0.15, -0.1) is 0 Å². The molecule has 0 aliphatic heterocycles. The van der Waals surface area contributed by atoms with E-state index in [2.05, 4.69) is 182 Å². The van der Waals surface area contributed by atoms with Crippen molar-refractivity contribution in [2.24, 2.45) is 0 Å². The number of hydrogen-bond donors (Lipinski definition) is 0. The van der Waals surface area contributed by atoms with Gasteiger partial charge in [-0.05, 0) is 86.3 Å². The number of aromatic nitrogens is 2. The van der Waals surface area contributed by atoms with Crippen LogP contribution in [0.15, 0.2) is 223 Å². The van der Waals surface area contributed by atoms with Gasteiger partial charge in [-0.25, -0.2) is 9.97 Å². The van der Waals surface area contributed by atoms with Gasteiger partial charge in [0.1, 0.15) is 11.2 Å². The Bertz CT molecular complexity index is 3260. The average Bonchev–Trinajstić information content (AvgIpc) is 3.70. The van der Waals surface area contributed by atoms with Gasteiger partial charge < -0.3 is 4.42 Å². The molecule has 0 bridgehead atoms. The summed E-state index contributed by atoms with van der Waals surface area (Å²) in [5.74, 6) is 0.705. The molecular formula is C56H36N2O. The Kier molecular flexibility index (Phi) is 8.49. The summed E-state index contributed by atoms with van der Waals surface area (Å²) in [6.45, 7) is 0. The van der Waals surface area contributed by atoms with Crippen LogP contribution in [0.1, 0.15) is 0 Å². The molecule has 3 nitrogen and oxygen atoms in total. The molecule has 0 spiro atoms. The number of nitrogens with zero attached hydrogens (tertiary/aromatic N) is 2. The minimum atomic E-state index is 0.705. The smallest absolute Gasteiger partial charge is 0.160 e. The van der Waals surface area contributed by atoms with Crippen molar-refractivity contribution in [1.82, 2.24) is 9.97 Å². The number of fused-ring (bicyclic) bond motifs is 5. The lowest BCUT2D eigenvalue weighted by Crippen LogP contribution is -1.96. The maximum Gasteiger partial charge on any atom is 0.160 e. The van der Waals surface area contributed by atoms with Gasteiger partial charge in [-0.3, -0.25) is 0 Å². The maximum atomic E-state index is 6.78. The van der Waals surface area contributed by atoms with Gasteiger partial charge in [0.25, 0.3) is 0 Å². The fraction of sp³-hybridized carbons (Fsp3) is 0. The Labute approximate surface area is 342 Å². The molecule has 0 fully saturated rings. The first-order valence-corrected chi connectivity index (χ1v) is 20.0. The van der Waals surface area contributed by atoms with Gasteiger partial charge in [-0.1, -0.05) is 182 Å². The highest BCUT2D eigenvalue weighted by molar-refractivity contribution is 6.19. The van der Waals surface area contributed by atoms with E-state index in [1.165, 1.54) is 22.3 Å². The summed E-state index contributed by atoms with van der Waals surface area (Å²) < 4.78 is 6.78. The van der Waals surface area contributed by atoms with Gasteiger partial charge in [0, 0.05) is 32.8 Å². The summed E-state index contributed by atoms with van der Waals surface area (Å²) in [7, 11) is 0. The van der Waals surface area contributed by atoms with Crippen molar-refractivity contribution in [2.45, 2.75) is 0 Å². The summed E-state index contributed by atoms with van der Waals surface area (Å²) >= 11 is 0. The van der Waals surface area contributed by atoms with E-state index in [9.17, 15) is 0 Å². The molecule has 2 aromatic heterocycles. The SMILES string of the molecule is c1ccc(-c2cc(-c3cccc(-c4cccc(-c5cc6c7ccc(-c8ccccc8-c8ccccc8)cc7oc6c6ccccc56)c4)c3)nc(-c3ccccc3)n2)cc1. The van der Waals surface area contributed by atoms with Gasteiger partial charge in [0.05, 0.1) is 11.4 Å². The fourth-order valence-electron chi connectivity index (χ4n) is 8.40. The molecule has 0 unspecified atom stereocenters. The van der Waals surface area contributed by atoms with Crippen molar-refractivity contribution in [2.75, 3.05) is 0 Å². The van der Waals surface area contributed by atoms with Crippen LogP contribution in [0.2, 0.25) is 0 Å². The molecule has 0 saturated carbocycles. The normalized spacial score (nSPS) is 11.4.